The summed E-state index contributed by atoms with van der Waals surface area (Å²) in [5.74, 6) is 0.733. The van der Waals surface area contributed by atoms with Gasteiger partial charge in [0.15, 0.2) is 0 Å². The first kappa shape index (κ1) is 18.8. The highest BCUT2D eigenvalue weighted by Gasteiger charge is 2.20. The highest BCUT2D eigenvalue weighted by atomic mass is 32.2. The number of hydrogen-bond acceptors (Lipinski definition) is 4. The Kier molecular flexibility index (Phi) is 5.02. The normalized spacial score (nSPS) is 17.8. The maximum atomic E-state index is 12.8. The number of carbonyl (C=O) groups excluding carboxylic acids is 1. The fraction of sp³-hybridized carbons (Fsp3) is 0.381. The van der Waals surface area contributed by atoms with E-state index in [1.165, 1.54) is 18.9 Å². The van der Waals surface area contributed by atoms with Crippen molar-refractivity contribution < 1.29 is 13.2 Å². The number of aryl methyl sites for hydroxylation is 1. The molecule has 2 aliphatic rings. The summed E-state index contributed by atoms with van der Waals surface area (Å²) in [4.78, 5) is 14.0. The van der Waals surface area contributed by atoms with Crippen molar-refractivity contribution in [3.63, 3.8) is 0 Å². The number of nitrogens with zero attached hydrogens (tertiary/aromatic N) is 1. The van der Waals surface area contributed by atoms with Gasteiger partial charge in [-0.1, -0.05) is 6.92 Å². The molecule has 0 spiro atoms. The summed E-state index contributed by atoms with van der Waals surface area (Å²) < 4.78 is 28.2. The van der Waals surface area contributed by atoms with Gasteiger partial charge in [-0.05, 0) is 73.2 Å². The zero-order valence-corrected chi connectivity index (χ0v) is 16.8. The Bertz CT molecular complexity index is 978. The molecular weight excluding hydrogens is 374 g/mol. The fourth-order valence-electron chi connectivity index (χ4n) is 3.75. The number of fused-ring (bicyclic) bond motifs is 1. The van der Waals surface area contributed by atoms with E-state index in [1.807, 2.05) is 24.3 Å². The molecule has 2 aromatic carbocycles. The second-order valence-corrected chi connectivity index (χ2v) is 9.37. The van der Waals surface area contributed by atoms with Crippen LogP contribution in [-0.2, 0) is 21.2 Å². The van der Waals surface area contributed by atoms with Crippen molar-refractivity contribution in [2.24, 2.45) is 5.92 Å². The minimum Gasteiger partial charge on any atom is -0.372 e. The maximum absolute atomic E-state index is 12.8. The summed E-state index contributed by atoms with van der Waals surface area (Å²) in [7, 11) is -3.68. The van der Waals surface area contributed by atoms with Crippen LogP contribution in [0.3, 0.4) is 0 Å². The molecule has 2 N–H and O–H groups in total. The molecular formula is C21H25N3O3S. The van der Waals surface area contributed by atoms with E-state index < -0.39 is 10.0 Å². The van der Waals surface area contributed by atoms with Crippen LogP contribution in [0.4, 0.5) is 17.1 Å². The van der Waals surface area contributed by atoms with E-state index in [0.29, 0.717) is 24.2 Å². The Morgan fingerprint density at radius 1 is 1.04 bits per heavy atom. The van der Waals surface area contributed by atoms with E-state index in [4.69, 9.17) is 0 Å². The molecule has 0 unspecified atom stereocenters. The molecule has 1 fully saturated rings. The molecule has 2 aliphatic heterocycles. The van der Waals surface area contributed by atoms with Crippen LogP contribution in [0.25, 0.3) is 0 Å². The number of nitrogens with one attached hydrogen (secondary N) is 2. The van der Waals surface area contributed by atoms with E-state index in [-0.39, 0.29) is 10.8 Å². The summed E-state index contributed by atoms with van der Waals surface area (Å²) in [5.41, 5.74) is 3.20. The second-order valence-electron chi connectivity index (χ2n) is 7.69. The summed E-state index contributed by atoms with van der Waals surface area (Å²) >= 11 is 0. The van der Waals surface area contributed by atoms with Gasteiger partial charge in [0.25, 0.3) is 10.0 Å². The van der Waals surface area contributed by atoms with Gasteiger partial charge in [-0.2, -0.15) is 0 Å². The van der Waals surface area contributed by atoms with Gasteiger partial charge in [-0.15, -0.1) is 0 Å². The van der Waals surface area contributed by atoms with Crippen LogP contribution in [0.1, 0.15) is 31.7 Å². The molecule has 0 aliphatic carbocycles. The van der Waals surface area contributed by atoms with Crippen LogP contribution in [-0.4, -0.2) is 27.4 Å². The monoisotopic (exact) mass is 399 g/mol. The van der Waals surface area contributed by atoms with Crippen molar-refractivity contribution in [2.75, 3.05) is 28.0 Å². The molecule has 1 amide bonds. The van der Waals surface area contributed by atoms with Gasteiger partial charge in [-0.3, -0.25) is 9.52 Å². The van der Waals surface area contributed by atoms with Gasteiger partial charge in [-0.25, -0.2) is 8.42 Å². The first-order valence-corrected chi connectivity index (χ1v) is 11.2. The third-order valence-electron chi connectivity index (χ3n) is 5.55. The van der Waals surface area contributed by atoms with Crippen LogP contribution < -0.4 is 14.9 Å². The summed E-state index contributed by atoms with van der Waals surface area (Å²) in [5, 5.41) is 2.77. The quantitative estimate of drug-likeness (QED) is 0.823. The lowest BCUT2D eigenvalue weighted by atomic mass is 9.99. The average Bonchev–Trinajstić information content (AvgIpc) is 2.68. The van der Waals surface area contributed by atoms with Gasteiger partial charge in [0, 0.05) is 36.6 Å². The number of hydrogen-bond donors (Lipinski definition) is 2. The third-order valence-corrected chi connectivity index (χ3v) is 6.93. The van der Waals surface area contributed by atoms with Crippen molar-refractivity contribution in [3.05, 3.63) is 48.0 Å². The first-order chi connectivity index (χ1) is 13.4. The molecule has 6 nitrogen and oxygen atoms in total. The zero-order chi connectivity index (χ0) is 19.7. The Hall–Kier alpha value is -2.54. The van der Waals surface area contributed by atoms with Gasteiger partial charge >= 0.3 is 0 Å². The van der Waals surface area contributed by atoms with E-state index >= 15 is 0 Å². The van der Waals surface area contributed by atoms with E-state index in [2.05, 4.69) is 21.9 Å². The van der Waals surface area contributed by atoms with Crippen molar-refractivity contribution in [2.45, 2.75) is 37.5 Å². The molecule has 0 bridgehead atoms. The number of anilines is 3. The van der Waals surface area contributed by atoms with Crippen molar-refractivity contribution in [1.29, 1.82) is 0 Å². The van der Waals surface area contributed by atoms with Crippen LogP contribution in [0.15, 0.2) is 47.4 Å². The Morgan fingerprint density at radius 2 is 1.75 bits per heavy atom. The lowest BCUT2D eigenvalue weighted by Gasteiger charge is -2.32. The molecule has 148 valence electrons. The molecule has 0 aromatic heterocycles. The standard InChI is InChI=1S/C21H25N3O3S/c1-15-10-12-24(13-11-15)18-5-3-17(4-6-18)23-28(26,27)19-7-8-20-16(14-19)2-9-21(25)22-20/h3-8,14-15,23H,2,9-13H2,1H3,(H,22,25). The molecule has 2 heterocycles. The lowest BCUT2D eigenvalue weighted by Crippen LogP contribution is -2.32. The maximum Gasteiger partial charge on any atom is 0.261 e. The Labute approximate surface area is 166 Å². The minimum absolute atomic E-state index is 0.0375. The average molecular weight is 400 g/mol. The lowest BCUT2D eigenvalue weighted by molar-refractivity contribution is -0.116. The molecule has 0 atom stereocenters. The Morgan fingerprint density at radius 3 is 2.46 bits per heavy atom. The molecule has 2 aromatic rings. The third kappa shape index (κ3) is 3.99. The minimum atomic E-state index is -3.68. The fourth-order valence-corrected chi connectivity index (χ4v) is 4.86. The van der Waals surface area contributed by atoms with Gasteiger partial charge in [0.05, 0.1) is 4.90 Å². The van der Waals surface area contributed by atoms with Crippen LogP contribution in [0.2, 0.25) is 0 Å². The number of rotatable bonds is 4. The summed E-state index contributed by atoms with van der Waals surface area (Å²) in [6, 6.07) is 12.4. The summed E-state index contributed by atoms with van der Waals surface area (Å²) in [6.07, 6.45) is 3.30. The van der Waals surface area contributed by atoms with Crippen molar-refractivity contribution >= 4 is 33.0 Å². The number of benzene rings is 2. The number of piperidine rings is 1. The van der Waals surface area contributed by atoms with Crippen molar-refractivity contribution in [3.8, 4) is 0 Å². The van der Waals surface area contributed by atoms with E-state index in [1.54, 1.807) is 12.1 Å². The number of sulfonamides is 1. The zero-order valence-electron chi connectivity index (χ0n) is 15.9. The highest BCUT2D eigenvalue weighted by Crippen LogP contribution is 2.28. The topological polar surface area (TPSA) is 78.5 Å². The van der Waals surface area contributed by atoms with Crippen molar-refractivity contribution in [1.82, 2.24) is 0 Å². The van der Waals surface area contributed by atoms with Gasteiger partial charge < -0.3 is 10.2 Å². The van der Waals surface area contributed by atoms with E-state index in [9.17, 15) is 13.2 Å². The number of carbonyl (C=O) groups is 1. The smallest absolute Gasteiger partial charge is 0.261 e. The summed E-state index contributed by atoms with van der Waals surface area (Å²) in [6.45, 7) is 4.36. The van der Waals surface area contributed by atoms with Gasteiger partial charge in [0.2, 0.25) is 5.91 Å². The van der Waals surface area contributed by atoms with Gasteiger partial charge in [0.1, 0.15) is 0 Å². The largest absolute Gasteiger partial charge is 0.372 e. The van der Waals surface area contributed by atoms with E-state index in [0.717, 1.165) is 30.3 Å². The molecule has 28 heavy (non-hydrogen) atoms. The van der Waals surface area contributed by atoms with Crippen LogP contribution >= 0.6 is 0 Å². The highest BCUT2D eigenvalue weighted by molar-refractivity contribution is 7.92. The predicted molar refractivity (Wildman–Crippen MR) is 111 cm³/mol. The molecule has 0 radical (unpaired) electrons. The molecule has 7 heteroatoms. The van der Waals surface area contributed by atoms with Crippen LogP contribution in [0, 0.1) is 5.92 Å². The molecule has 0 saturated carbocycles. The second kappa shape index (κ2) is 7.47. The SMILES string of the molecule is CC1CCN(c2ccc(NS(=O)(=O)c3ccc4c(c3)CCC(=O)N4)cc2)CC1. The van der Waals surface area contributed by atoms with Crippen LogP contribution in [0.5, 0.6) is 0 Å². The molecule has 4 rings (SSSR count). The first-order valence-electron chi connectivity index (χ1n) is 9.71. The molecule has 1 saturated heterocycles. The Balaban J connectivity index is 1.48. The number of amides is 1. The predicted octanol–water partition coefficient (Wildman–Crippen LogP) is 3.61.